The van der Waals surface area contributed by atoms with Crippen molar-refractivity contribution in [3.8, 4) is 11.8 Å². The zero-order valence-electron chi connectivity index (χ0n) is 25.2. The molecule has 0 saturated heterocycles. The van der Waals surface area contributed by atoms with Crippen LogP contribution in [-0.4, -0.2) is 60.3 Å². The second-order valence-electron chi connectivity index (χ2n) is 12.8. The highest BCUT2D eigenvalue weighted by molar-refractivity contribution is 6.74. The lowest BCUT2D eigenvalue weighted by Gasteiger charge is -2.37. The van der Waals surface area contributed by atoms with Gasteiger partial charge in [0.25, 0.3) is 0 Å². The molecule has 3 heterocycles. The zero-order chi connectivity index (χ0) is 29.2. The van der Waals surface area contributed by atoms with Crippen LogP contribution in [-0.2, 0) is 15.8 Å². The summed E-state index contributed by atoms with van der Waals surface area (Å²) in [5, 5.41) is 8.01. The summed E-state index contributed by atoms with van der Waals surface area (Å²) in [5.41, 5.74) is 2.68. The Labute approximate surface area is 244 Å². The van der Waals surface area contributed by atoms with Crippen molar-refractivity contribution in [1.82, 2.24) is 19.9 Å². The smallest absolute Gasteiger partial charge is 0.228 e. The van der Waals surface area contributed by atoms with E-state index in [1.807, 2.05) is 19.3 Å². The Hall–Kier alpha value is -3.32. The summed E-state index contributed by atoms with van der Waals surface area (Å²) in [6, 6.07) is 6.67. The first-order valence-corrected chi connectivity index (χ1v) is 17.6. The Morgan fingerprint density at radius 3 is 2.54 bits per heavy atom. The summed E-state index contributed by atoms with van der Waals surface area (Å²) in [6.45, 7) is 14.1. The monoisotopic (exact) mass is 570 g/mol. The van der Waals surface area contributed by atoms with E-state index in [4.69, 9.17) is 4.43 Å². The van der Waals surface area contributed by atoms with Gasteiger partial charge in [-0.1, -0.05) is 26.7 Å². The largest absolute Gasteiger partial charge is 0.416 e. The fourth-order valence-electron chi connectivity index (χ4n) is 4.55. The van der Waals surface area contributed by atoms with Gasteiger partial charge in [0, 0.05) is 68.1 Å². The average molecular weight is 571 g/mol. The maximum atomic E-state index is 12.3. The highest BCUT2D eigenvalue weighted by atomic mass is 28.4. The number of fused-ring (bicyclic) bond motifs is 1. The molecule has 3 aromatic rings. The second-order valence-corrected chi connectivity index (χ2v) is 17.6. The molecule has 5 rings (SSSR count). The molecule has 3 aromatic heterocycles. The van der Waals surface area contributed by atoms with Crippen LogP contribution in [0.5, 0.6) is 0 Å². The number of anilines is 2. The number of nitrogens with one attached hydrogen (secondary N) is 2. The lowest BCUT2D eigenvalue weighted by molar-refractivity contribution is -0.117. The van der Waals surface area contributed by atoms with Crippen molar-refractivity contribution in [2.45, 2.75) is 77.2 Å². The van der Waals surface area contributed by atoms with Gasteiger partial charge in [0.2, 0.25) is 5.91 Å². The third kappa shape index (κ3) is 7.31. The number of aromatic nitrogens is 3. The maximum absolute atomic E-state index is 12.3. The number of rotatable bonds is 10. The predicted molar refractivity (Wildman–Crippen MR) is 167 cm³/mol. The van der Waals surface area contributed by atoms with Crippen LogP contribution in [0.3, 0.4) is 0 Å². The number of carbonyl (C=O) groups excluding carboxylic acids is 1. The van der Waals surface area contributed by atoms with E-state index in [9.17, 15) is 4.79 Å². The van der Waals surface area contributed by atoms with Gasteiger partial charge in [-0.3, -0.25) is 9.69 Å². The molecule has 2 fully saturated rings. The maximum Gasteiger partial charge on any atom is 0.228 e. The summed E-state index contributed by atoms with van der Waals surface area (Å²) in [4.78, 5) is 28.4. The van der Waals surface area contributed by atoms with Crippen LogP contribution < -0.4 is 10.6 Å². The Bertz CT molecular complexity index is 1480. The average Bonchev–Trinajstić information content (AvgIpc) is 3.84. The van der Waals surface area contributed by atoms with E-state index in [2.05, 4.69) is 88.3 Å². The minimum atomic E-state index is -1.76. The van der Waals surface area contributed by atoms with Crippen molar-refractivity contribution in [3.05, 3.63) is 53.6 Å². The molecule has 9 heteroatoms. The first-order valence-electron chi connectivity index (χ1n) is 14.7. The molecule has 1 amide bonds. The van der Waals surface area contributed by atoms with Crippen LogP contribution in [0, 0.1) is 17.8 Å². The van der Waals surface area contributed by atoms with Crippen LogP contribution in [0.1, 0.15) is 63.3 Å². The highest BCUT2D eigenvalue weighted by Gasteiger charge is 2.37. The molecule has 0 unspecified atom stereocenters. The summed E-state index contributed by atoms with van der Waals surface area (Å²) in [7, 11) is 0.0705. The first kappa shape index (κ1) is 29.2. The van der Waals surface area contributed by atoms with Crippen LogP contribution >= 0.6 is 0 Å². The second kappa shape index (κ2) is 11.9. The number of hydrogen-bond acceptors (Lipinski definition) is 7. The quantitative estimate of drug-likeness (QED) is 0.235. The van der Waals surface area contributed by atoms with Gasteiger partial charge < -0.3 is 15.1 Å². The van der Waals surface area contributed by atoms with E-state index in [0.717, 1.165) is 60.4 Å². The van der Waals surface area contributed by atoms with Crippen molar-refractivity contribution in [3.63, 3.8) is 0 Å². The van der Waals surface area contributed by atoms with E-state index >= 15 is 0 Å². The molecule has 2 aliphatic rings. The van der Waals surface area contributed by atoms with Crippen LogP contribution in [0.2, 0.25) is 18.1 Å². The van der Waals surface area contributed by atoms with Crippen LogP contribution in [0.4, 0.5) is 11.6 Å². The summed E-state index contributed by atoms with van der Waals surface area (Å²) < 4.78 is 6.47. The van der Waals surface area contributed by atoms with Gasteiger partial charge in [0.1, 0.15) is 17.3 Å². The molecule has 2 saturated carbocycles. The molecular weight excluding hydrogens is 528 g/mol. The number of carbonyl (C=O) groups is 1. The van der Waals surface area contributed by atoms with Gasteiger partial charge in [-0.25, -0.2) is 15.0 Å². The standard InChI is InChI=1S/C32H42N6O2Si/c1-32(2,3)41(5,6)40-16-15-38(26-11-12-26)21-22-13-14-34-25(17-22)10-9-24-19-36-30(33-4)28-20-35-29(18-27(24)28)37-31(39)23-7-8-23/h13-14,17-20,23,26H,7-8,11-12,15-16,21H2,1-6H3,(H,33,36)(H,35,37,39). The molecule has 41 heavy (non-hydrogen) atoms. The Morgan fingerprint density at radius 1 is 1.07 bits per heavy atom. The van der Waals surface area contributed by atoms with Crippen LogP contribution in [0.25, 0.3) is 10.8 Å². The molecule has 0 atom stereocenters. The van der Waals surface area contributed by atoms with E-state index in [0.29, 0.717) is 11.9 Å². The van der Waals surface area contributed by atoms with Gasteiger partial charge in [0.15, 0.2) is 8.32 Å². The van der Waals surface area contributed by atoms with Gasteiger partial charge in [0.05, 0.1) is 5.56 Å². The highest BCUT2D eigenvalue weighted by Crippen LogP contribution is 2.37. The minimum absolute atomic E-state index is 0.0280. The topological polar surface area (TPSA) is 92.3 Å². The van der Waals surface area contributed by atoms with Crippen molar-refractivity contribution < 1.29 is 9.22 Å². The fraction of sp³-hybridized carbons (Fsp3) is 0.500. The molecule has 0 bridgehead atoms. The van der Waals surface area contributed by atoms with Crippen molar-refractivity contribution in [1.29, 1.82) is 0 Å². The molecule has 0 aromatic carbocycles. The molecule has 0 spiro atoms. The zero-order valence-corrected chi connectivity index (χ0v) is 26.2. The lowest BCUT2D eigenvalue weighted by atomic mass is 10.1. The summed E-state index contributed by atoms with van der Waals surface area (Å²) >= 11 is 0. The Balaban J connectivity index is 1.32. The molecular formula is C32H42N6O2Si. The summed E-state index contributed by atoms with van der Waals surface area (Å²) in [6.07, 6.45) is 9.72. The molecule has 216 valence electrons. The Kier molecular flexibility index (Phi) is 8.46. The number of amides is 1. The summed E-state index contributed by atoms with van der Waals surface area (Å²) in [5.74, 6) is 7.91. The minimum Gasteiger partial charge on any atom is -0.416 e. The van der Waals surface area contributed by atoms with Crippen molar-refractivity contribution in [2.24, 2.45) is 5.92 Å². The van der Waals surface area contributed by atoms with Gasteiger partial charge in [-0.2, -0.15) is 0 Å². The molecule has 8 nitrogen and oxygen atoms in total. The van der Waals surface area contributed by atoms with E-state index in [1.54, 1.807) is 12.4 Å². The predicted octanol–water partition coefficient (Wildman–Crippen LogP) is 5.80. The van der Waals surface area contributed by atoms with E-state index < -0.39 is 8.32 Å². The first-order chi connectivity index (χ1) is 19.5. The molecule has 2 aliphatic carbocycles. The number of pyridine rings is 3. The number of hydrogen-bond donors (Lipinski definition) is 2. The van der Waals surface area contributed by atoms with Crippen molar-refractivity contribution in [2.75, 3.05) is 30.8 Å². The van der Waals surface area contributed by atoms with E-state index in [1.165, 1.54) is 18.4 Å². The normalized spacial score (nSPS) is 15.5. The fourth-order valence-corrected chi connectivity index (χ4v) is 5.58. The third-order valence-electron chi connectivity index (χ3n) is 8.45. The third-order valence-corrected chi connectivity index (χ3v) is 13.0. The van der Waals surface area contributed by atoms with E-state index in [-0.39, 0.29) is 16.9 Å². The number of nitrogens with zero attached hydrogens (tertiary/aromatic N) is 4. The SMILES string of the molecule is CNc1ncc(C#Cc2cc(CN(CCO[Si](C)(C)C(C)(C)C)C3CC3)ccn2)c2cc(NC(=O)C3CC3)ncc12. The molecule has 0 aliphatic heterocycles. The molecule has 2 N–H and O–H groups in total. The Morgan fingerprint density at radius 2 is 1.85 bits per heavy atom. The van der Waals surface area contributed by atoms with Crippen LogP contribution in [0.15, 0.2) is 36.8 Å². The van der Waals surface area contributed by atoms with Gasteiger partial charge in [-0.15, -0.1) is 0 Å². The van der Waals surface area contributed by atoms with Gasteiger partial charge in [-0.05, 0) is 73.5 Å². The lowest BCUT2D eigenvalue weighted by Crippen LogP contribution is -2.43. The molecule has 0 radical (unpaired) electrons. The van der Waals surface area contributed by atoms with Gasteiger partial charge >= 0.3 is 0 Å². The van der Waals surface area contributed by atoms with Crippen molar-refractivity contribution >= 4 is 36.6 Å².